The van der Waals surface area contributed by atoms with Gasteiger partial charge in [-0.05, 0) is 30.3 Å². The van der Waals surface area contributed by atoms with Gasteiger partial charge in [0, 0.05) is 36.0 Å². The normalized spacial score (nSPS) is 10.4. The molecule has 1 heterocycles. The number of carbonyl (C=O) groups is 2. The van der Waals surface area contributed by atoms with Crippen LogP contribution in [0.4, 0.5) is 5.69 Å². The highest BCUT2D eigenvalue weighted by Crippen LogP contribution is 2.25. The molecule has 0 aliphatic rings. The van der Waals surface area contributed by atoms with Crippen molar-refractivity contribution >= 4 is 52.2 Å². The summed E-state index contributed by atoms with van der Waals surface area (Å²) in [6.45, 7) is 0. The lowest BCUT2D eigenvalue weighted by Gasteiger charge is -2.11. The van der Waals surface area contributed by atoms with Gasteiger partial charge in [-0.15, -0.1) is 23.1 Å². The largest absolute Gasteiger partial charge is 0.345 e. The van der Waals surface area contributed by atoms with Crippen molar-refractivity contribution in [2.75, 3.05) is 25.2 Å². The number of halogens is 1. The summed E-state index contributed by atoms with van der Waals surface area (Å²) in [6.07, 6.45) is 0. The SMILES string of the molecule is CN(C)C(=O)c1cccc(NC(=O)CSCc2ccc(Cl)s2)c1. The fourth-order valence-corrected chi connectivity index (χ4v) is 3.88. The van der Waals surface area contributed by atoms with Gasteiger partial charge in [-0.2, -0.15) is 0 Å². The standard InChI is InChI=1S/C16H17ClN2O2S2/c1-19(2)16(21)11-4-3-5-12(8-11)18-15(20)10-22-9-13-6-7-14(17)23-13/h3-8H,9-10H2,1-2H3,(H,18,20). The molecule has 0 saturated heterocycles. The quantitative estimate of drug-likeness (QED) is 0.839. The monoisotopic (exact) mass is 368 g/mol. The first-order chi connectivity index (χ1) is 11.0. The van der Waals surface area contributed by atoms with Crippen LogP contribution in [-0.4, -0.2) is 36.6 Å². The Morgan fingerprint density at radius 1 is 1.26 bits per heavy atom. The van der Waals surface area contributed by atoms with Crippen LogP contribution in [0.1, 0.15) is 15.2 Å². The molecule has 0 aliphatic heterocycles. The molecule has 0 unspecified atom stereocenters. The van der Waals surface area contributed by atoms with Gasteiger partial charge in [-0.1, -0.05) is 17.7 Å². The summed E-state index contributed by atoms with van der Waals surface area (Å²) in [7, 11) is 3.39. The molecule has 1 aromatic heterocycles. The third-order valence-electron chi connectivity index (χ3n) is 2.91. The molecular weight excluding hydrogens is 352 g/mol. The summed E-state index contributed by atoms with van der Waals surface area (Å²) in [4.78, 5) is 26.5. The summed E-state index contributed by atoms with van der Waals surface area (Å²) >= 11 is 8.92. The van der Waals surface area contributed by atoms with Crippen LogP contribution in [0.3, 0.4) is 0 Å². The lowest BCUT2D eigenvalue weighted by Crippen LogP contribution is -2.22. The Hall–Kier alpha value is -1.50. The Balaban J connectivity index is 1.85. The summed E-state index contributed by atoms with van der Waals surface area (Å²) in [5.41, 5.74) is 1.18. The van der Waals surface area contributed by atoms with Crippen LogP contribution in [-0.2, 0) is 10.5 Å². The van der Waals surface area contributed by atoms with Crippen LogP contribution >= 0.6 is 34.7 Å². The van der Waals surface area contributed by atoms with Crippen LogP contribution in [0.2, 0.25) is 4.34 Å². The number of hydrogen-bond donors (Lipinski definition) is 1. The molecule has 122 valence electrons. The Morgan fingerprint density at radius 2 is 2.04 bits per heavy atom. The zero-order valence-electron chi connectivity index (χ0n) is 12.8. The maximum absolute atomic E-state index is 12.0. The second-order valence-corrected chi connectivity index (χ2v) is 7.81. The molecule has 23 heavy (non-hydrogen) atoms. The zero-order chi connectivity index (χ0) is 16.8. The van der Waals surface area contributed by atoms with Gasteiger partial charge >= 0.3 is 0 Å². The Morgan fingerprint density at radius 3 is 2.70 bits per heavy atom. The topological polar surface area (TPSA) is 49.4 Å². The van der Waals surface area contributed by atoms with Crippen molar-refractivity contribution in [2.24, 2.45) is 0 Å². The van der Waals surface area contributed by atoms with Crippen molar-refractivity contribution in [1.82, 2.24) is 4.90 Å². The lowest BCUT2D eigenvalue weighted by molar-refractivity contribution is -0.113. The number of hydrogen-bond acceptors (Lipinski definition) is 4. The minimum absolute atomic E-state index is 0.0906. The average Bonchev–Trinajstić information content (AvgIpc) is 2.92. The van der Waals surface area contributed by atoms with E-state index in [1.165, 1.54) is 28.0 Å². The van der Waals surface area contributed by atoms with Crippen molar-refractivity contribution in [3.8, 4) is 0 Å². The zero-order valence-corrected chi connectivity index (χ0v) is 15.2. The minimum Gasteiger partial charge on any atom is -0.345 e. The molecule has 0 fully saturated rings. The fraction of sp³-hybridized carbons (Fsp3) is 0.250. The van der Waals surface area contributed by atoms with Crippen LogP contribution in [0.15, 0.2) is 36.4 Å². The van der Waals surface area contributed by atoms with Crippen LogP contribution in [0, 0.1) is 0 Å². The van der Waals surface area contributed by atoms with Crippen LogP contribution in [0.25, 0.3) is 0 Å². The summed E-state index contributed by atoms with van der Waals surface area (Å²) < 4.78 is 0.757. The second kappa shape index (κ2) is 8.38. The molecule has 0 saturated carbocycles. The predicted molar refractivity (Wildman–Crippen MR) is 98.6 cm³/mol. The number of amides is 2. The number of nitrogens with zero attached hydrogens (tertiary/aromatic N) is 1. The molecule has 0 radical (unpaired) electrons. The fourth-order valence-electron chi connectivity index (χ4n) is 1.86. The van der Waals surface area contributed by atoms with Crippen molar-refractivity contribution in [1.29, 1.82) is 0 Å². The molecular formula is C16H17ClN2O2S2. The van der Waals surface area contributed by atoms with E-state index in [0.717, 1.165) is 15.0 Å². The van der Waals surface area contributed by atoms with Gasteiger partial charge in [0.1, 0.15) is 0 Å². The smallest absolute Gasteiger partial charge is 0.253 e. The molecule has 0 aliphatic carbocycles. The number of benzene rings is 1. The Labute approximate surface area is 148 Å². The summed E-state index contributed by atoms with van der Waals surface area (Å²) in [5, 5.41) is 2.81. The van der Waals surface area contributed by atoms with Gasteiger partial charge in [0.15, 0.2) is 0 Å². The molecule has 2 aromatic rings. The highest BCUT2D eigenvalue weighted by molar-refractivity contribution is 7.99. The highest BCUT2D eigenvalue weighted by Gasteiger charge is 2.09. The van der Waals surface area contributed by atoms with E-state index in [2.05, 4.69) is 5.32 Å². The van der Waals surface area contributed by atoms with Gasteiger partial charge in [0.2, 0.25) is 5.91 Å². The van der Waals surface area contributed by atoms with Crippen molar-refractivity contribution in [3.63, 3.8) is 0 Å². The first-order valence-electron chi connectivity index (χ1n) is 6.89. The van der Waals surface area contributed by atoms with E-state index in [9.17, 15) is 9.59 Å². The van der Waals surface area contributed by atoms with Crippen molar-refractivity contribution < 1.29 is 9.59 Å². The van der Waals surface area contributed by atoms with E-state index in [1.807, 2.05) is 12.1 Å². The summed E-state index contributed by atoms with van der Waals surface area (Å²) in [6, 6.07) is 10.8. The number of thioether (sulfide) groups is 1. The molecule has 1 N–H and O–H groups in total. The third-order valence-corrected chi connectivity index (χ3v) is 5.30. The first-order valence-corrected chi connectivity index (χ1v) is 9.24. The molecule has 0 spiro atoms. The lowest BCUT2D eigenvalue weighted by atomic mass is 10.2. The first kappa shape index (κ1) is 17.8. The van der Waals surface area contributed by atoms with Gasteiger partial charge < -0.3 is 10.2 Å². The van der Waals surface area contributed by atoms with E-state index in [1.54, 1.807) is 38.4 Å². The van der Waals surface area contributed by atoms with E-state index < -0.39 is 0 Å². The van der Waals surface area contributed by atoms with E-state index in [0.29, 0.717) is 17.0 Å². The predicted octanol–water partition coefficient (Wildman–Crippen LogP) is 3.98. The third kappa shape index (κ3) is 5.57. The minimum atomic E-state index is -0.0925. The molecule has 2 amide bonds. The Bertz CT molecular complexity index is 701. The maximum Gasteiger partial charge on any atom is 0.253 e. The molecule has 4 nitrogen and oxygen atoms in total. The van der Waals surface area contributed by atoms with Crippen LogP contribution in [0.5, 0.6) is 0 Å². The molecule has 0 bridgehead atoms. The van der Waals surface area contributed by atoms with E-state index in [-0.39, 0.29) is 11.8 Å². The highest BCUT2D eigenvalue weighted by atomic mass is 35.5. The molecule has 1 aromatic carbocycles. The molecule has 0 atom stereocenters. The number of anilines is 1. The van der Waals surface area contributed by atoms with Gasteiger partial charge in [0.05, 0.1) is 10.1 Å². The maximum atomic E-state index is 12.0. The molecule has 2 rings (SSSR count). The number of nitrogens with one attached hydrogen (secondary N) is 1. The average molecular weight is 369 g/mol. The van der Waals surface area contributed by atoms with E-state index in [4.69, 9.17) is 11.6 Å². The molecule has 7 heteroatoms. The van der Waals surface area contributed by atoms with Gasteiger partial charge in [-0.3, -0.25) is 9.59 Å². The second-order valence-electron chi connectivity index (χ2n) is 5.03. The number of carbonyl (C=O) groups excluding carboxylic acids is 2. The van der Waals surface area contributed by atoms with Gasteiger partial charge in [-0.25, -0.2) is 0 Å². The number of rotatable bonds is 6. The van der Waals surface area contributed by atoms with Crippen molar-refractivity contribution in [3.05, 3.63) is 51.2 Å². The van der Waals surface area contributed by atoms with E-state index >= 15 is 0 Å². The van der Waals surface area contributed by atoms with Gasteiger partial charge in [0.25, 0.3) is 5.91 Å². The van der Waals surface area contributed by atoms with Crippen LogP contribution < -0.4 is 5.32 Å². The summed E-state index contributed by atoms with van der Waals surface area (Å²) in [5.74, 6) is 0.919. The number of thiophene rings is 1. The Kier molecular flexibility index (Phi) is 6.50. The van der Waals surface area contributed by atoms with Crippen molar-refractivity contribution in [2.45, 2.75) is 5.75 Å².